The Bertz CT molecular complexity index is 771. The standard InChI is InChI=1S/C16H17ClN2O3S/c1-4-22-16(21)12-9(3)13(23-14(12)18)15(20)19-10-6-5-8(2)11(17)7-10/h5-7H,4,18H2,1-3H3,(H,19,20). The number of rotatable bonds is 4. The molecule has 1 aromatic carbocycles. The van der Waals surface area contributed by atoms with E-state index in [4.69, 9.17) is 22.1 Å². The first-order valence-corrected chi connectivity index (χ1v) is 8.18. The third-order valence-corrected chi connectivity index (χ3v) is 4.82. The van der Waals surface area contributed by atoms with Gasteiger partial charge in [0.2, 0.25) is 0 Å². The highest BCUT2D eigenvalue weighted by Crippen LogP contribution is 2.32. The Balaban J connectivity index is 2.28. The fourth-order valence-corrected chi connectivity index (χ4v) is 3.21. The second-order valence-corrected chi connectivity index (χ2v) is 6.39. The summed E-state index contributed by atoms with van der Waals surface area (Å²) in [6, 6.07) is 5.25. The highest BCUT2D eigenvalue weighted by atomic mass is 35.5. The minimum Gasteiger partial charge on any atom is -0.462 e. The van der Waals surface area contributed by atoms with E-state index in [0.29, 0.717) is 21.2 Å². The number of carbonyl (C=O) groups excluding carboxylic acids is 2. The van der Waals surface area contributed by atoms with Crippen molar-refractivity contribution in [1.29, 1.82) is 0 Å². The van der Waals surface area contributed by atoms with Crippen molar-refractivity contribution in [2.45, 2.75) is 20.8 Å². The van der Waals surface area contributed by atoms with E-state index in [1.54, 1.807) is 26.0 Å². The SMILES string of the molecule is CCOC(=O)c1c(N)sc(C(=O)Nc2ccc(C)c(Cl)c2)c1C. The number of halogens is 1. The van der Waals surface area contributed by atoms with Gasteiger partial charge in [0.25, 0.3) is 5.91 Å². The zero-order valence-corrected chi connectivity index (χ0v) is 14.6. The number of hydrogen-bond donors (Lipinski definition) is 2. The number of nitrogens with two attached hydrogens (primary N) is 1. The number of nitrogen functional groups attached to an aromatic ring is 1. The van der Waals surface area contributed by atoms with Crippen LogP contribution < -0.4 is 11.1 Å². The van der Waals surface area contributed by atoms with Gasteiger partial charge in [0.1, 0.15) is 5.00 Å². The number of hydrogen-bond acceptors (Lipinski definition) is 5. The van der Waals surface area contributed by atoms with Crippen molar-refractivity contribution in [3.63, 3.8) is 0 Å². The largest absolute Gasteiger partial charge is 0.462 e. The number of ether oxygens (including phenoxy) is 1. The van der Waals surface area contributed by atoms with Crippen molar-refractivity contribution in [1.82, 2.24) is 0 Å². The van der Waals surface area contributed by atoms with Crippen molar-refractivity contribution >= 4 is 45.5 Å². The van der Waals surface area contributed by atoms with E-state index in [9.17, 15) is 9.59 Å². The molecule has 1 aromatic heterocycles. The van der Waals surface area contributed by atoms with Crippen LogP contribution in [0.5, 0.6) is 0 Å². The normalized spacial score (nSPS) is 10.4. The van der Waals surface area contributed by atoms with E-state index in [-0.39, 0.29) is 23.1 Å². The van der Waals surface area contributed by atoms with Crippen molar-refractivity contribution in [3.05, 3.63) is 44.8 Å². The van der Waals surface area contributed by atoms with Crippen LogP contribution in [-0.4, -0.2) is 18.5 Å². The minimum atomic E-state index is -0.517. The van der Waals surface area contributed by atoms with E-state index in [2.05, 4.69) is 5.32 Å². The predicted molar refractivity (Wildman–Crippen MR) is 93.6 cm³/mol. The number of nitrogens with one attached hydrogen (secondary N) is 1. The second kappa shape index (κ2) is 7.02. The molecule has 0 spiro atoms. The summed E-state index contributed by atoms with van der Waals surface area (Å²) in [6.45, 7) is 5.52. The molecule has 23 heavy (non-hydrogen) atoms. The molecular formula is C16H17ClN2O3S. The molecule has 0 atom stereocenters. The van der Waals surface area contributed by atoms with E-state index in [1.807, 2.05) is 13.0 Å². The average Bonchev–Trinajstić information content (AvgIpc) is 2.78. The van der Waals surface area contributed by atoms with Crippen LogP contribution in [0.15, 0.2) is 18.2 Å². The Kier molecular flexibility index (Phi) is 5.28. The molecule has 7 heteroatoms. The molecule has 0 bridgehead atoms. The first kappa shape index (κ1) is 17.3. The van der Waals surface area contributed by atoms with Crippen LogP contribution in [0, 0.1) is 13.8 Å². The highest BCUT2D eigenvalue weighted by Gasteiger charge is 2.24. The van der Waals surface area contributed by atoms with E-state index in [1.165, 1.54) is 0 Å². The molecule has 0 saturated heterocycles. The number of carbonyl (C=O) groups is 2. The molecule has 0 radical (unpaired) electrons. The molecule has 0 fully saturated rings. The molecular weight excluding hydrogens is 336 g/mol. The molecule has 0 aliphatic rings. The average molecular weight is 353 g/mol. The zero-order valence-electron chi connectivity index (χ0n) is 13.0. The Hall–Kier alpha value is -2.05. The Morgan fingerprint density at radius 1 is 1.35 bits per heavy atom. The Morgan fingerprint density at radius 3 is 2.65 bits per heavy atom. The van der Waals surface area contributed by atoms with Crippen molar-refractivity contribution < 1.29 is 14.3 Å². The van der Waals surface area contributed by atoms with Crippen LogP contribution >= 0.6 is 22.9 Å². The molecule has 1 amide bonds. The highest BCUT2D eigenvalue weighted by molar-refractivity contribution is 7.18. The summed E-state index contributed by atoms with van der Waals surface area (Å²) in [5.74, 6) is -0.856. The summed E-state index contributed by atoms with van der Waals surface area (Å²) in [6.07, 6.45) is 0. The number of amides is 1. The van der Waals surface area contributed by atoms with E-state index >= 15 is 0 Å². The fourth-order valence-electron chi connectivity index (χ4n) is 2.07. The molecule has 3 N–H and O–H groups in total. The van der Waals surface area contributed by atoms with Gasteiger partial charge in [-0.3, -0.25) is 4.79 Å². The summed E-state index contributed by atoms with van der Waals surface area (Å²) >= 11 is 7.11. The zero-order chi connectivity index (χ0) is 17.1. The predicted octanol–water partition coefficient (Wildman–Crippen LogP) is 4.03. The van der Waals surface area contributed by atoms with Crippen LogP contribution in [0.1, 0.15) is 38.1 Å². The van der Waals surface area contributed by atoms with Gasteiger partial charge in [-0.25, -0.2) is 4.79 Å². The number of benzene rings is 1. The van der Waals surface area contributed by atoms with Crippen LogP contribution in [0.4, 0.5) is 10.7 Å². The monoisotopic (exact) mass is 352 g/mol. The summed E-state index contributed by atoms with van der Waals surface area (Å²) in [4.78, 5) is 24.7. The number of esters is 1. The molecule has 0 unspecified atom stereocenters. The number of anilines is 2. The van der Waals surface area contributed by atoms with Crippen LogP contribution in [0.3, 0.4) is 0 Å². The molecule has 2 aromatic rings. The lowest BCUT2D eigenvalue weighted by Gasteiger charge is -2.07. The van der Waals surface area contributed by atoms with Crippen molar-refractivity contribution in [2.24, 2.45) is 0 Å². The molecule has 2 rings (SSSR count). The molecule has 1 heterocycles. The van der Waals surface area contributed by atoms with E-state index in [0.717, 1.165) is 16.9 Å². The molecule has 0 saturated carbocycles. The Labute approximate surface area is 143 Å². The summed E-state index contributed by atoms with van der Waals surface area (Å²) < 4.78 is 4.97. The van der Waals surface area contributed by atoms with Gasteiger partial charge in [0.05, 0.1) is 17.0 Å². The van der Waals surface area contributed by atoms with Gasteiger partial charge in [-0.05, 0) is 44.0 Å². The van der Waals surface area contributed by atoms with Gasteiger partial charge in [-0.15, -0.1) is 11.3 Å². The van der Waals surface area contributed by atoms with Crippen molar-refractivity contribution in [3.8, 4) is 0 Å². The van der Waals surface area contributed by atoms with Gasteiger partial charge in [0, 0.05) is 10.7 Å². The molecule has 0 aliphatic heterocycles. The fraction of sp³-hybridized carbons (Fsp3) is 0.250. The summed E-state index contributed by atoms with van der Waals surface area (Å²) in [7, 11) is 0. The van der Waals surface area contributed by atoms with Crippen LogP contribution in [-0.2, 0) is 4.74 Å². The summed E-state index contributed by atoms with van der Waals surface area (Å²) in [5, 5.41) is 3.60. The van der Waals surface area contributed by atoms with Gasteiger partial charge < -0.3 is 15.8 Å². The maximum Gasteiger partial charge on any atom is 0.341 e. The first-order valence-electron chi connectivity index (χ1n) is 6.98. The van der Waals surface area contributed by atoms with Gasteiger partial charge >= 0.3 is 5.97 Å². The van der Waals surface area contributed by atoms with Gasteiger partial charge in [-0.2, -0.15) is 0 Å². The van der Waals surface area contributed by atoms with Gasteiger partial charge in [-0.1, -0.05) is 17.7 Å². The third kappa shape index (κ3) is 3.65. The molecule has 0 aliphatic carbocycles. The molecule has 5 nitrogen and oxygen atoms in total. The lowest BCUT2D eigenvalue weighted by Crippen LogP contribution is -2.13. The van der Waals surface area contributed by atoms with E-state index < -0.39 is 5.97 Å². The second-order valence-electron chi connectivity index (χ2n) is 4.93. The minimum absolute atomic E-state index is 0.247. The Morgan fingerprint density at radius 2 is 2.04 bits per heavy atom. The third-order valence-electron chi connectivity index (χ3n) is 3.29. The number of aryl methyl sites for hydroxylation is 1. The van der Waals surface area contributed by atoms with Crippen LogP contribution in [0.2, 0.25) is 5.02 Å². The summed E-state index contributed by atoms with van der Waals surface area (Å²) in [5.41, 5.74) is 8.13. The molecule has 122 valence electrons. The smallest absolute Gasteiger partial charge is 0.341 e. The van der Waals surface area contributed by atoms with Crippen molar-refractivity contribution in [2.75, 3.05) is 17.7 Å². The van der Waals surface area contributed by atoms with Crippen LogP contribution in [0.25, 0.3) is 0 Å². The first-order chi connectivity index (χ1) is 10.8. The quantitative estimate of drug-likeness (QED) is 0.814. The lowest BCUT2D eigenvalue weighted by molar-refractivity contribution is 0.0527. The lowest BCUT2D eigenvalue weighted by atomic mass is 10.1. The maximum atomic E-state index is 12.4. The number of thiophene rings is 1. The van der Waals surface area contributed by atoms with Gasteiger partial charge in [0.15, 0.2) is 0 Å². The maximum absolute atomic E-state index is 12.4. The topological polar surface area (TPSA) is 81.4 Å².